The van der Waals surface area contributed by atoms with Gasteiger partial charge in [0.2, 0.25) is 0 Å². The first kappa shape index (κ1) is 14.8. The molecule has 3 rings (SSSR count). The van der Waals surface area contributed by atoms with E-state index in [4.69, 9.17) is 7.85 Å². The lowest BCUT2D eigenvalue weighted by atomic mass is 9.94. The molecule has 0 aliphatic rings. The average molecular weight is 304 g/mol. The highest BCUT2D eigenvalue weighted by atomic mass is 16.3. The Morgan fingerprint density at radius 1 is 1.30 bits per heavy atom. The van der Waals surface area contributed by atoms with Gasteiger partial charge in [0.05, 0.1) is 16.6 Å². The summed E-state index contributed by atoms with van der Waals surface area (Å²) < 4.78 is 0. The third-order valence-corrected chi connectivity index (χ3v) is 3.32. The fourth-order valence-corrected chi connectivity index (χ4v) is 2.11. The molecule has 7 heteroatoms. The average Bonchev–Trinajstić information content (AvgIpc) is 2.98. The van der Waals surface area contributed by atoms with Crippen LogP contribution in [0.1, 0.15) is 23.1 Å². The summed E-state index contributed by atoms with van der Waals surface area (Å²) in [4.78, 5) is 19.6. The molecule has 1 heterocycles. The normalized spacial score (nSPS) is 11.6. The van der Waals surface area contributed by atoms with Crippen molar-refractivity contribution < 1.29 is 9.90 Å². The predicted octanol–water partition coefficient (Wildman–Crippen LogP) is 1.22. The van der Waals surface area contributed by atoms with Crippen LogP contribution in [0.5, 0.6) is 5.75 Å². The van der Waals surface area contributed by atoms with Gasteiger partial charge in [0.25, 0.3) is 5.91 Å². The van der Waals surface area contributed by atoms with Crippen LogP contribution in [0, 0.1) is 0 Å². The number of hydrogen-bond acceptors (Lipinski definition) is 4. The summed E-state index contributed by atoms with van der Waals surface area (Å²) in [6.45, 7) is 1.72. The minimum Gasteiger partial charge on any atom is -0.507 e. The molecular formula is C16H13BN4O2. The van der Waals surface area contributed by atoms with E-state index in [-0.39, 0.29) is 11.3 Å². The third-order valence-electron chi connectivity index (χ3n) is 3.32. The summed E-state index contributed by atoms with van der Waals surface area (Å²) in [6, 6.07) is 11.8. The second-order valence-corrected chi connectivity index (χ2v) is 5.02. The van der Waals surface area contributed by atoms with Crippen LogP contribution >= 0.6 is 0 Å². The van der Waals surface area contributed by atoms with Crippen molar-refractivity contribution in [2.45, 2.75) is 6.92 Å². The first-order valence-electron chi connectivity index (χ1n) is 6.93. The first-order chi connectivity index (χ1) is 11.0. The Kier molecular flexibility index (Phi) is 3.84. The van der Waals surface area contributed by atoms with Gasteiger partial charge in [0.1, 0.15) is 19.3 Å². The number of hydrazone groups is 1. The van der Waals surface area contributed by atoms with Crippen molar-refractivity contribution in [3.8, 4) is 5.75 Å². The highest BCUT2D eigenvalue weighted by molar-refractivity contribution is 6.32. The lowest BCUT2D eigenvalue weighted by Gasteiger charge is -2.05. The largest absolute Gasteiger partial charge is 0.507 e. The number of aromatic amines is 1. The summed E-state index contributed by atoms with van der Waals surface area (Å²) in [5, 5.41) is 13.7. The number of aromatic hydroxyl groups is 1. The Hall–Kier alpha value is -3.09. The number of benzene rings is 2. The molecule has 0 saturated heterocycles. The Balaban J connectivity index is 1.81. The second-order valence-electron chi connectivity index (χ2n) is 5.02. The molecule has 6 nitrogen and oxygen atoms in total. The van der Waals surface area contributed by atoms with E-state index < -0.39 is 5.91 Å². The molecule has 23 heavy (non-hydrogen) atoms. The van der Waals surface area contributed by atoms with E-state index in [0.717, 1.165) is 11.0 Å². The van der Waals surface area contributed by atoms with Gasteiger partial charge in [-0.25, -0.2) is 10.4 Å². The molecule has 3 aromatic rings. The Bertz CT molecular complexity index is 884. The number of hydrogen-bond donors (Lipinski definition) is 3. The lowest BCUT2D eigenvalue weighted by molar-refractivity contribution is 0.0952. The number of phenolic OH excluding ortho intramolecular Hbond substituents is 1. The Morgan fingerprint density at radius 3 is 2.87 bits per heavy atom. The lowest BCUT2D eigenvalue weighted by Crippen LogP contribution is -2.21. The fourth-order valence-electron chi connectivity index (χ4n) is 2.11. The highest BCUT2D eigenvalue weighted by Crippen LogP contribution is 2.14. The number of H-pyrrole nitrogens is 1. The highest BCUT2D eigenvalue weighted by Gasteiger charge is 2.11. The van der Waals surface area contributed by atoms with Gasteiger partial charge in [-0.2, -0.15) is 5.10 Å². The topological polar surface area (TPSA) is 90.4 Å². The molecule has 0 aliphatic carbocycles. The molecule has 2 aromatic carbocycles. The van der Waals surface area contributed by atoms with E-state index in [1.807, 2.05) is 24.3 Å². The van der Waals surface area contributed by atoms with Crippen molar-refractivity contribution in [2.75, 3.05) is 0 Å². The number of amides is 1. The van der Waals surface area contributed by atoms with Crippen LogP contribution in [0.2, 0.25) is 0 Å². The van der Waals surface area contributed by atoms with Gasteiger partial charge in [-0.3, -0.25) is 4.79 Å². The molecule has 112 valence electrons. The minimum absolute atomic E-state index is 0.0613. The summed E-state index contributed by atoms with van der Waals surface area (Å²) >= 11 is 0. The molecule has 1 aromatic heterocycles. The van der Waals surface area contributed by atoms with E-state index in [0.29, 0.717) is 17.0 Å². The molecule has 1 amide bonds. The van der Waals surface area contributed by atoms with Crippen molar-refractivity contribution in [2.24, 2.45) is 5.10 Å². The van der Waals surface area contributed by atoms with Crippen LogP contribution in [0.4, 0.5) is 0 Å². The number of para-hydroxylation sites is 2. The number of aromatic nitrogens is 2. The number of nitrogens with one attached hydrogen (secondary N) is 2. The van der Waals surface area contributed by atoms with E-state index in [1.54, 1.807) is 6.92 Å². The molecule has 0 atom stereocenters. The van der Waals surface area contributed by atoms with Crippen molar-refractivity contribution in [1.82, 2.24) is 15.4 Å². The van der Waals surface area contributed by atoms with Gasteiger partial charge in [-0.05, 0) is 25.1 Å². The molecule has 3 N–H and O–H groups in total. The summed E-state index contributed by atoms with van der Waals surface area (Å²) in [5.74, 6) is -0.151. The van der Waals surface area contributed by atoms with E-state index in [9.17, 15) is 9.90 Å². The molecular weight excluding hydrogens is 291 g/mol. The van der Waals surface area contributed by atoms with Gasteiger partial charge in [-0.1, -0.05) is 29.7 Å². The maximum atomic E-state index is 12.1. The fraction of sp³-hybridized carbons (Fsp3) is 0.0625. The van der Waals surface area contributed by atoms with Crippen LogP contribution in [0.25, 0.3) is 11.0 Å². The SMILES string of the molecule is [B]c1ccc(O)c(C(=O)N/N=C(/C)c2nc3ccccc3[nH]2)c1. The van der Waals surface area contributed by atoms with Crippen molar-refractivity contribution in [1.29, 1.82) is 0 Å². The third kappa shape index (κ3) is 3.08. The van der Waals surface area contributed by atoms with Crippen LogP contribution < -0.4 is 10.9 Å². The number of nitrogens with zero attached hydrogens (tertiary/aromatic N) is 2. The van der Waals surface area contributed by atoms with Gasteiger partial charge in [-0.15, -0.1) is 0 Å². The van der Waals surface area contributed by atoms with Crippen molar-refractivity contribution >= 4 is 36.0 Å². The maximum absolute atomic E-state index is 12.1. The smallest absolute Gasteiger partial charge is 0.275 e. The molecule has 0 fully saturated rings. The molecule has 2 radical (unpaired) electrons. The molecule has 0 spiro atoms. The molecule has 0 aliphatic heterocycles. The number of rotatable bonds is 3. The predicted molar refractivity (Wildman–Crippen MR) is 89.3 cm³/mol. The number of fused-ring (bicyclic) bond motifs is 1. The second kappa shape index (κ2) is 5.96. The van der Waals surface area contributed by atoms with E-state index in [2.05, 4.69) is 20.5 Å². The van der Waals surface area contributed by atoms with Gasteiger partial charge >= 0.3 is 0 Å². The minimum atomic E-state index is -0.551. The first-order valence-corrected chi connectivity index (χ1v) is 6.93. The van der Waals surface area contributed by atoms with Crippen molar-refractivity contribution in [3.05, 3.63) is 53.9 Å². The molecule has 0 unspecified atom stereocenters. The number of carbonyl (C=O) groups is 1. The Labute approximate surface area is 133 Å². The summed E-state index contributed by atoms with van der Waals surface area (Å²) in [7, 11) is 5.61. The maximum Gasteiger partial charge on any atom is 0.275 e. The Morgan fingerprint density at radius 2 is 2.09 bits per heavy atom. The number of phenols is 1. The number of imidazole rings is 1. The summed E-state index contributed by atoms with van der Waals surface area (Å²) in [5.41, 5.74) is 5.04. The monoisotopic (exact) mass is 304 g/mol. The summed E-state index contributed by atoms with van der Waals surface area (Å²) in [6.07, 6.45) is 0. The zero-order chi connectivity index (χ0) is 16.4. The number of carbonyl (C=O) groups excluding carboxylic acids is 1. The quantitative estimate of drug-likeness (QED) is 0.386. The zero-order valence-corrected chi connectivity index (χ0v) is 12.4. The van der Waals surface area contributed by atoms with Crippen molar-refractivity contribution in [3.63, 3.8) is 0 Å². The molecule has 0 saturated carbocycles. The van der Waals surface area contributed by atoms with Gasteiger partial charge in [0, 0.05) is 0 Å². The standard InChI is InChI=1S/C16H13BN4O2/c1-9(15-18-12-4-2-3-5-13(12)19-15)20-21-16(23)11-8-10(17)6-7-14(11)22/h2-8,22H,1H3,(H,18,19)(H,21,23)/b20-9-. The van der Waals surface area contributed by atoms with E-state index >= 15 is 0 Å². The van der Waals surface area contributed by atoms with Crippen LogP contribution in [-0.4, -0.2) is 34.5 Å². The van der Waals surface area contributed by atoms with E-state index in [1.165, 1.54) is 18.2 Å². The van der Waals surface area contributed by atoms with Crippen LogP contribution in [0.15, 0.2) is 47.6 Å². The van der Waals surface area contributed by atoms with Gasteiger partial charge < -0.3 is 10.1 Å². The van der Waals surface area contributed by atoms with Crippen LogP contribution in [0.3, 0.4) is 0 Å². The zero-order valence-electron chi connectivity index (χ0n) is 12.4. The van der Waals surface area contributed by atoms with Crippen LogP contribution in [-0.2, 0) is 0 Å². The molecule has 0 bridgehead atoms. The van der Waals surface area contributed by atoms with Gasteiger partial charge in [0.15, 0.2) is 5.82 Å².